The molecule has 0 aliphatic rings. The highest BCUT2D eigenvalue weighted by atomic mass is 32.2. The Hall–Kier alpha value is -1.34. The van der Waals surface area contributed by atoms with Crippen LogP contribution < -0.4 is 10.0 Å². The van der Waals surface area contributed by atoms with Gasteiger partial charge in [0.1, 0.15) is 5.76 Å². The molecule has 2 N–H and O–H groups in total. The second-order valence-corrected chi connectivity index (χ2v) is 5.35. The van der Waals surface area contributed by atoms with E-state index < -0.39 is 10.0 Å². The minimum atomic E-state index is -3.39. The fourth-order valence-electron chi connectivity index (χ4n) is 1.12. The van der Waals surface area contributed by atoms with Crippen LogP contribution in [0.5, 0.6) is 0 Å². The maximum Gasteiger partial charge on any atom is 0.219 e. The van der Waals surface area contributed by atoms with E-state index in [2.05, 4.69) is 10.0 Å². The highest BCUT2D eigenvalue weighted by Crippen LogP contribution is 1.99. The van der Waals surface area contributed by atoms with Gasteiger partial charge in [0.25, 0.3) is 0 Å². The van der Waals surface area contributed by atoms with E-state index in [1.807, 2.05) is 0 Å². The number of furan rings is 1. The highest BCUT2D eigenvalue weighted by molar-refractivity contribution is 7.89. The van der Waals surface area contributed by atoms with E-state index in [4.69, 9.17) is 4.42 Å². The molecule has 1 rings (SSSR count). The van der Waals surface area contributed by atoms with Gasteiger partial charge in [0, 0.05) is 13.0 Å². The number of sulfonamides is 1. The van der Waals surface area contributed by atoms with Gasteiger partial charge in [-0.1, -0.05) is 6.92 Å². The second kappa shape index (κ2) is 6.41. The molecule has 0 unspecified atom stereocenters. The van der Waals surface area contributed by atoms with E-state index in [-0.39, 0.29) is 24.7 Å². The first-order valence-corrected chi connectivity index (χ1v) is 6.95. The molecule has 0 saturated heterocycles. The van der Waals surface area contributed by atoms with Gasteiger partial charge >= 0.3 is 0 Å². The first-order valence-electron chi connectivity index (χ1n) is 5.30. The van der Waals surface area contributed by atoms with Crippen molar-refractivity contribution in [1.29, 1.82) is 0 Å². The van der Waals surface area contributed by atoms with Crippen LogP contribution in [0.3, 0.4) is 0 Å². The topological polar surface area (TPSA) is 88.4 Å². The van der Waals surface area contributed by atoms with Crippen molar-refractivity contribution in [2.24, 2.45) is 0 Å². The van der Waals surface area contributed by atoms with Crippen molar-refractivity contribution in [2.75, 3.05) is 12.3 Å². The van der Waals surface area contributed by atoms with Gasteiger partial charge in [-0.2, -0.15) is 0 Å². The smallest absolute Gasteiger partial charge is 0.219 e. The van der Waals surface area contributed by atoms with Gasteiger partial charge in [-0.3, -0.25) is 4.79 Å². The van der Waals surface area contributed by atoms with Crippen LogP contribution in [0.25, 0.3) is 0 Å². The molecule has 7 heteroatoms. The Kier molecular flexibility index (Phi) is 5.17. The van der Waals surface area contributed by atoms with Crippen LogP contribution in [0.15, 0.2) is 22.8 Å². The van der Waals surface area contributed by atoms with Crippen LogP contribution in [-0.2, 0) is 21.4 Å². The average Bonchev–Trinajstić information content (AvgIpc) is 2.79. The number of carbonyl (C=O) groups excluding carboxylic acids is 1. The third kappa shape index (κ3) is 5.50. The van der Waals surface area contributed by atoms with E-state index in [9.17, 15) is 13.2 Å². The Bertz CT molecular complexity index is 439. The lowest BCUT2D eigenvalue weighted by molar-refractivity contribution is -0.120. The van der Waals surface area contributed by atoms with Gasteiger partial charge < -0.3 is 9.73 Å². The summed E-state index contributed by atoms with van der Waals surface area (Å²) in [5.74, 6) is 0.247. The Labute approximate surface area is 100 Å². The number of carbonyl (C=O) groups is 1. The summed E-state index contributed by atoms with van der Waals surface area (Å²) in [5.41, 5.74) is 0. The van der Waals surface area contributed by atoms with Gasteiger partial charge in [0.2, 0.25) is 15.9 Å². The number of amides is 1. The SMILES string of the molecule is CCC(=O)NCCS(=O)(=O)NCc1ccco1. The zero-order chi connectivity index (χ0) is 12.7. The fraction of sp³-hybridized carbons (Fsp3) is 0.500. The minimum Gasteiger partial charge on any atom is -0.468 e. The maximum absolute atomic E-state index is 11.5. The van der Waals surface area contributed by atoms with E-state index in [1.165, 1.54) is 6.26 Å². The third-order valence-electron chi connectivity index (χ3n) is 2.06. The van der Waals surface area contributed by atoms with Crippen molar-refractivity contribution in [2.45, 2.75) is 19.9 Å². The minimum absolute atomic E-state index is 0.111. The predicted molar refractivity (Wildman–Crippen MR) is 62.6 cm³/mol. The van der Waals surface area contributed by atoms with Crippen molar-refractivity contribution in [3.8, 4) is 0 Å². The van der Waals surface area contributed by atoms with Crippen molar-refractivity contribution >= 4 is 15.9 Å². The largest absolute Gasteiger partial charge is 0.468 e. The van der Waals surface area contributed by atoms with Crippen LogP contribution in [0.2, 0.25) is 0 Å². The molecule has 17 heavy (non-hydrogen) atoms. The lowest BCUT2D eigenvalue weighted by Crippen LogP contribution is -2.33. The average molecular weight is 260 g/mol. The monoisotopic (exact) mass is 260 g/mol. The summed E-state index contributed by atoms with van der Waals surface area (Å²) in [6.07, 6.45) is 1.82. The van der Waals surface area contributed by atoms with Crippen LogP contribution in [-0.4, -0.2) is 26.6 Å². The van der Waals surface area contributed by atoms with Crippen molar-refractivity contribution in [3.63, 3.8) is 0 Å². The Morgan fingerprint density at radius 1 is 1.47 bits per heavy atom. The summed E-state index contributed by atoms with van der Waals surface area (Å²) in [5, 5.41) is 2.50. The molecule has 1 heterocycles. The molecule has 1 amide bonds. The molecule has 0 saturated carbocycles. The van der Waals surface area contributed by atoms with Gasteiger partial charge in [-0.25, -0.2) is 13.1 Å². The molecule has 1 aromatic heterocycles. The lowest BCUT2D eigenvalue weighted by atomic mass is 10.4. The van der Waals surface area contributed by atoms with Gasteiger partial charge in [0.05, 0.1) is 18.6 Å². The van der Waals surface area contributed by atoms with Crippen LogP contribution in [0.1, 0.15) is 19.1 Å². The Morgan fingerprint density at radius 2 is 2.24 bits per heavy atom. The molecule has 6 nitrogen and oxygen atoms in total. The molecule has 0 fully saturated rings. The normalized spacial score (nSPS) is 11.4. The van der Waals surface area contributed by atoms with Crippen LogP contribution in [0.4, 0.5) is 0 Å². The molecule has 1 aromatic rings. The van der Waals surface area contributed by atoms with Crippen LogP contribution >= 0.6 is 0 Å². The Morgan fingerprint density at radius 3 is 2.82 bits per heavy atom. The first kappa shape index (κ1) is 13.7. The molecule has 0 atom stereocenters. The van der Waals surface area contributed by atoms with Crippen molar-refractivity contribution < 1.29 is 17.6 Å². The number of rotatable bonds is 7. The molecule has 0 radical (unpaired) electrons. The quantitative estimate of drug-likeness (QED) is 0.734. The summed E-state index contributed by atoms with van der Waals surface area (Å²) in [6.45, 7) is 1.94. The third-order valence-corrected chi connectivity index (χ3v) is 3.39. The van der Waals surface area contributed by atoms with E-state index in [0.717, 1.165) is 0 Å². The molecular formula is C10H16N2O4S. The summed E-state index contributed by atoms with van der Waals surface area (Å²) in [4.78, 5) is 10.9. The van der Waals surface area contributed by atoms with E-state index in [0.29, 0.717) is 12.2 Å². The highest BCUT2D eigenvalue weighted by Gasteiger charge is 2.10. The zero-order valence-electron chi connectivity index (χ0n) is 9.60. The summed E-state index contributed by atoms with van der Waals surface area (Å²) in [6, 6.07) is 3.37. The van der Waals surface area contributed by atoms with Crippen molar-refractivity contribution in [3.05, 3.63) is 24.2 Å². The van der Waals surface area contributed by atoms with E-state index in [1.54, 1.807) is 19.1 Å². The van der Waals surface area contributed by atoms with Crippen molar-refractivity contribution in [1.82, 2.24) is 10.0 Å². The molecule has 0 bridgehead atoms. The molecule has 0 spiro atoms. The molecule has 0 aliphatic heterocycles. The Balaban J connectivity index is 2.29. The molecule has 0 aliphatic carbocycles. The summed E-state index contributed by atoms with van der Waals surface area (Å²) >= 11 is 0. The molecular weight excluding hydrogens is 244 g/mol. The van der Waals surface area contributed by atoms with E-state index >= 15 is 0 Å². The second-order valence-electron chi connectivity index (χ2n) is 3.42. The fourth-order valence-corrected chi connectivity index (χ4v) is 1.99. The molecule has 96 valence electrons. The number of hydrogen-bond acceptors (Lipinski definition) is 4. The standard InChI is InChI=1S/C10H16N2O4S/c1-2-10(13)11-5-7-17(14,15)12-8-9-4-3-6-16-9/h3-4,6,12H,2,5,7-8H2,1H3,(H,11,13). The predicted octanol–water partition coefficient (Wildman–Crippen LogP) is 0.225. The summed E-state index contributed by atoms with van der Waals surface area (Å²) in [7, 11) is -3.39. The number of nitrogens with one attached hydrogen (secondary N) is 2. The lowest BCUT2D eigenvalue weighted by Gasteiger charge is -2.06. The van der Waals surface area contributed by atoms with Gasteiger partial charge in [-0.15, -0.1) is 0 Å². The summed E-state index contributed by atoms with van der Waals surface area (Å²) < 4.78 is 30.4. The number of hydrogen-bond donors (Lipinski definition) is 2. The van der Waals surface area contributed by atoms with Gasteiger partial charge in [-0.05, 0) is 12.1 Å². The molecule has 0 aromatic carbocycles. The zero-order valence-corrected chi connectivity index (χ0v) is 10.4. The first-order chi connectivity index (χ1) is 8.03. The van der Waals surface area contributed by atoms with Gasteiger partial charge in [0.15, 0.2) is 0 Å². The maximum atomic E-state index is 11.5. The van der Waals surface area contributed by atoms with Crippen LogP contribution in [0, 0.1) is 0 Å².